The van der Waals surface area contributed by atoms with Crippen LogP contribution < -0.4 is 10.6 Å². The van der Waals surface area contributed by atoms with Crippen LogP contribution in [0.3, 0.4) is 0 Å². The smallest absolute Gasteiger partial charge is 0.244 e. The molecule has 2 N–H and O–H groups in total. The Kier molecular flexibility index (Phi) is 6.87. The Labute approximate surface area is 126 Å². The molecule has 0 aromatic carbocycles. The first kappa shape index (κ1) is 17.2. The van der Waals surface area contributed by atoms with Crippen LogP contribution in [-0.2, 0) is 16.1 Å². The normalized spacial score (nSPS) is 11.9. The average Bonchev–Trinajstić information content (AvgIpc) is 2.50. The van der Waals surface area contributed by atoms with Gasteiger partial charge in [-0.1, -0.05) is 0 Å². The van der Waals surface area contributed by atoms with Gasteiger partial charge in [0.25, 0.3) is 0 Å². The lowest BCUT2D eigenvalue weighted by atomic mass is 10.3. The molecule has 1 aromatic heterocycles. The highest BCUT2D eigenvalue weighted by molar-refractivity contribution is 5.83. The molecule has 0 radical (unpaired) electrons. The molecule has 0 aliphatic carbocycles. The molecular weight excluding hydrogens is 270 g/mol. The summed E-state index contributed by atoms with van der Waals surface area (Å²) in [5.41, 5.74) is 0. The molecule has 7 nitrogen and oxygen atoms in total. The lowest BCUT2D eigenvalue weighted by Crippen LogP contribution is -2.39. The molecule has 1 amide bonds. The highest BCUT2D eigenvalue weighted by Gasteiger charge is 2.17. The molecule has 1 atom stereocenters. The van der Waals surface area contributed by atoms with Gasteiger partial charge in [0.15, 0.2) is 5.82 Å². The van der Waals surface area contributed by atoms with Crippen LogP contribution >= 0.6 is 0 Å². The predicted octanol–water partition coefficient (Wildman–Crippen LogP) is 1.33. The number of nitrogens with zero attached hydrogens (tertiary/aromatic N) is 3. The number of hydrogen-bond donors (Lipinski definition) is 2. The van der Waals surface area contributed by atoms with Gasteiger partial charge >= 0.3 is 0 Å². The molecule has 0 saturated carbocycles. The monoisotopic (exact) mass is 295 g/mol. The van der Waals surface area contributed by atoms with Crippen molar-refractivity contribution in [3.8, 4) is 0 Å². The first-order valence-corrected chi connectivity index (χ1v) is 7.16. The van der Waals surface area contributed by atoms with Gasteiger partial charge in [0.05, 0.1) is 0 Å². The van der Waals surface area contributed by atoms with E-state index in [-0.39, 0.29) is 11.9 Å². The maximum atomic E-state index is 12.1. The number of hydrogen-bond acceptors (Lipinski definition) is 6. The van der Waals surface area contributed by atoms with E-state index in [4.69, 9.17) is 4.74 Å². The fraction of sp³-hybridized carbons (Fsp3) is 0.643. The fourth-order valence-corrected chi connectivity index (χ4v) is 1.73. The topological polar surface area (TPSA) is 79.4 Å². The minimum Gasteiger partial charge on any atom is -0.374 e. The Morgan fingerprint density at radius 3 is 2.62 bits per heavy atom. The molecule has 21 heavy (non-hydrogen) atoms. The predicted molar refractivity (Wildman–Crippen MR) is 83.3 cm³/mol. The van der Waals surface area contributed by atoms with Crippen LogP contribution in [0.25, 0.3) is 0 Å². The molecule has 0 spiro atoms. The number of rotatable bonds is 8. The lowest BCUT2D eigenvalue weighted by Gasteiger charge is -2.21. The van der Waals surface area contributed by atoms with Crippen molar-refractivity contribution in [2.24, 2.45) is 0 Å². The van der Waals surface area contributed by atoms with E-state index in [1.807, 2.05) is 20.8 Å². The molecule has 118 valence electrons. The van der Waals surface area contributed by atoms with E-state index < -0.39 is 0 Å². The minimum absolute atomic E-state index is 0.0217. The molecule has 0 aliphatic heterocycles. The molecular formula is C14H25N5O2. The summed E-state index contributed by atoms with van der Waals surface area (Å²) in [6.45, 7) is 7.30. The Balaban J connectivity index is 2.83. The summed E-state index contributed by atoms with van der Waals surface area (Å²) < 4.78 is 5.33. The van der Waals surface area contributed by atoms with E-state index >= 15 is 0 Å². The van der Waals surface area contributed by atoms with Crippen LogP contribution in [0.4, 0.5) is 11.6 Å². The summed E-state index contributed by atoms with van der Waals surface area (Å²) in [6, 6.07) is 1.42. The van der Waals surface area contributed by atoms with Gasteiger partial charge in [-0.25, -0.2) is 9.97 Å². The maximum Gasteiger partial charge on any atom is 0.244 e. The minimum atomic E-state index is -0.352. The van der Waals surface area contributed by atoms with E-state index in [1.165, 1.54) is 0 Å². The second kappa shape index (κ2) is 8.41. The van der Waals surface area contributed by atoms with Crippen molar-refractivity contribution in [3.63, 3.8) is 0 Å². The Morgan fingerprint density at radius 1 is 1.38 bits per heavy atom. The van der Waals surface area contributed by atoms with Gasteiger partial charge in [-0.3, -0.25) is 4.79 Å². The second-order valence-corrected chi connectivity index (χ2v) is 4.66. The summed E-state index contributed by atoms with van der Waals surface area (Å²) in [7, 11) is 3.57. The van der Waals surface area contributed by atoms with Crippen molar-refractivity contribution in [2.45, 2.75) is 33.4 Å². The number of carbonyl (C=O) groups is 1. The molecule has 7 heteroatoms. The maximum absolute atomic E-state index is 12.1. The summed E-state index contributed by atoms with van der Waals surface area (Å²) >= 11 is 0. The molecule has 0 saturated heterocycles. The van der Waals surface area contributed by atoms with Crippen LogP contribution in [0, 0.1) is 0 Å². The summed E-state index contributed by atoms with van der Waals surface area (Å²) in [5, 5.41) is 6.09. The zero-order valence-corrected chi connectivity index (χ0v) is 13.4. The molecule has 0 bridgehead atoms. The summed E-state index contributed by atoms with van der Waals surface area (Å²) in [5.74, 6) is 1.89. The molecule has 1 rings (SSSR count). The van der Waals surface area contributed by atoms with Crippen molar-refractivity contribution in [1.82, 2.24) is 14.9 Å². The van der Waals surface area contributed by atoms with Crippen LogP contribution in [0.2, 0.25) is 0 Å². The summed E-state index contributed by atoms with van der Waals surface area (Å²) in [4.78, 5) is 22.4. The Bertz CT molecular complexity index is 467. The standard InChI is InChI=1S/C14H25N5O2/c1-6-19(5)14(20)10(3)16-12-8-11(15-4)17-13(18-12)9-21-7-2/h8,10H,6-7,9H2,1-5H3,(H2,15,16,17,18). The van der Waals surface area contributed by atoms with Crippen LogP contribution in [0.1, 0.15) is 26.6 Å². The van der Waals surface area contributed by atoms with Crippen LogP contribution in [0.5, 0.6) is 0 Å². The van der Waals surface area contributed by atoms with Crippen molar-refractivity contribution >= 4 is 17.5 Å². The first-order chi connectivity index (χ1) is 10.0. The zero-order chi connectivity index (χ0) is 15.8. The number of carbonyl (C=O) groups excluding carboxylic acids is 1. The van der Waals surface area contributed by atoms with Gasteiger partial charge in [-0.05, 0) is 20.8 Å². The molecule has 0 aliphatic rings. The van der Waals surface area contributed by atoms with Gasteiger partial charge in [-0.2, -0.15) is 0 Å². The number of anilines is 2. The highest BCUT2D eigenvalue weighted by Crippen LogP contribution is 2.13. The molecule has 1 unspecified atom stereocenters. The quantitative estimate of drug-likeness (QED) is 0.753. The Hall–Kier alpha value is -1.89. The third kappa shape index (κ3) is 5.18. The first-order valence-electron chi connectivity index (χ1n) is 7.16. The Morgan fingerprint density at radius 2 is 2.05 bits per heavy atom. The number of ether oxygens (including phenoxy) is 1. The number of aromatic nitrogens is 2. The van der Waals surface area contributed by atoms with E-state index in [2.05, 4.69) is 20.6 Å². The fourth-order valence-electron chi connectivity index (χ4n) is 1.73. The third-order valence-electron chi connectivity index (χ3n) is 3.05. The third-order valence-corrected chi connectivity index (χ3v) is 3.05. The van der Waals surface area contributed by atoms with Crippen molar-refractivity contribution < 1.29 is 9.53 Å². The highest BCUT2D eigenvalue weighted by atomic mass is 16.5. The number of nitrogens with one attached hydrogen (secondary N) is 2. The van der Waals surface area contributed by atoms with Gasteiger partial charge in [0.1, 0.15) is 24.3 Å². The number of likely N-dealkylation sites (N-methyl/N-ethyl adjacent to an activating group) is 1. The lowest BCUT2D eigenvalue weighted by molar-refractivity contribution is -0.130. The van der Waals surface area contributed by atoms with E-state index in [1.54, 1.807) is 25.1 Å². The van der Waals surface area contributed by atoms with Crippen LogP contribution in [-0.4, -0.2) is 54.1 Å². The van der Waals surface area contributed by atoms with Crippen molar-refractivity contribution in [1.29, 1.82) is 0 Å². The van der Waals surface area contributed by atoms with E-state index in [9.17, 15) is 4.79 Å². The van der Waals surface area contributed by atoms with E-state index in [0.717, 1.165) is 0 Å². The zero-order valence-electron chi connectivity index (χ0n) is 13.4. The van der Waals surface area contributed by atoms with Crippen LogP contribution in [0.15, 0.2) is 6.07 Å². The van der Waals surface area contributed by atoms with Crippen molar-refractivity contribution in [3.05, 3.63) is 11.9 Å². The van der Waals surface area contributed by atoms with Gasteiger partial charge in [0.2, 0.25) is 5.91 Å². The van der Waals surface area contributed by atoms with Gasteiger partial charge < -0.3 is 20.3 Å². The molecule has 1 aromatic rings. The van der Waals surface area contributed by atoms with E-state index in [0.29, 0.717) is 37.2 Å². The average molecular weight is 295 g/mol. The van der Waals surface area contributed by atoms with Gasteiger partial charge in [-0.15, -0.1) is 0 Å². The summed E-state index contributed by atoms with van der Waals surface area (Å²) in [6.07, 6.45) is 0. The SMILES string of the molecule is CCOCc1nc(NC)cc(NC(C)C(=O)N(C)CC)n1. The van der Waals surface area contributed by atoms with Gasteiger partial charge in [0, 0.05) is 33.3 Å². The number of amides is 1. The second-order valence-electron chi connectivity index (χ2n) is 4.66. The largest absolute Gasteiger partial charge is 0.374 e. The molecule has 1 heterocycles. The molecule has 0 fully saturated rings. The van der Waals surface area contributed by atoms with Crippen molar-refractivity contribution in [2.75, 3.05) is 37.9 Å².